The fraction of sp³-hybridized carbons (Fsp3) is 0.0625. The molecule has 0 unspecified atom stereocenters. The predicted octanol–water partition coefficient (Wildman–Crippen LogP) is 3.77. The largest absolute Gasteiger partial charge is 0.496 e. The lowest BCUT2D eigenvalue weighted by Gasteiger charge is -2.03. The average Bonchev–Trinajstić information content (AvgIpc) is 3.22. The van der Waals surface area contributed by atoms with Crippen LogP contribution in [0.3, 0.4) is 0 Å². The molecule has 0 bridgehead atoms. The fourth-order valence-corrected chi connectivity index (χ4v) is 2.26. The summed E-state index contributed by atoms with van der Waals surface area (Å²) in [5.74, 6) is 0.415. The molecule has 0 saturated carbocycles. The number of ether oxygens (including phenoxy) is 1. The molecule has 0 atom stereocenters. The zero-order valence-corrected chi connectivity index (χ0v) is 12.5. The Hall–Kier alpha value is -3.42. The molecule has 0 fully saturated rings. The molecule has 0 aliphatic carbocycles. The molecule has 1 N–H and O–H groups in total. The van der Waals surface area contributed by atoms with Gasteiger partial charge in [-0.25, -0.2) is 4.39 Å². The van der Waals surface area contributed by atoms with E-state index in [4.69, 9.17) is 13.6 Å². The summed E-state index contributed by atoms with van der Waals surface area (Å²) in [5, 5.41) is 10.6. The minimum Gasteiger partial charge on any atom is -0.496 e. The van der Waals surface area contributed by atoms with Crippen LogP contribution >= 0.6 is 0 Å². The molecule has 0 aliphatic rings. The first-order chi connectivity index (χ1) is 11.7. The van der Waals surface area contributed by atoms with Crippen molar-refractivity contribution >= 4 is 23.1 Å². The molecule has 0 saturated heterocycles. The van der Waals surface area contributed by atoms with Crippen molar-refractivity contribution in [2.75, 3.05) is 12.4 Å². The number of anilines is 2. The van der Waals surface area contributed by atoms with Crippen LogP contribution in [0.1, 0.15) is 0 Å². The quantitative estimate of drug-likeness (QED) is 0.611. The minimum absolute atomic E-state index is 0.0605. The standard InChI is InChI=1S/C16H11FN4O3/c1-22-11-7-3-2-5-9(11)14-20-21-16(24-14)19-15-18-13-10(17)6-4-8-12(13)23-15/h2-8H,1H3,(H,18,19,21). The maximum Gasteiger partial charge on any atom is 0.323 e. The van der Waals surface area contributed by atoms with Crippen LogP contribution in [0.15, 0.2) is 51.3 Å². The van der Waals surface area contributed by atoms with Crippen molar-refractivity contribution in [1.29, 1.82) is 0 Å². The van der Waals surface area contributed by atoms with Gasteiger partial charge in [0.15, 0.2) is 11.4 Å². The van der Waals surface area contributed by atoms with E-state index in [2.05, 4.69) is 20.5 Å². The van der Waals surface area contributed by atoms with Crippen LogP contribution in [0.4, 0.5) is 16.4 Å². The lowest BCUT2D eigenvalue weighted by atomic mass is 10.2. The number of hydrogen-bond acceptors (Lipinski definition) is 7. The molecule has 0 radical (unpaired) electrons. The third kappa shape index (κ3) is 2.43. The zero-order valence-electron chi connectivity index (χ0n) is 12.5. The highest BCUT2D eigenvalue weighted by molar-refractivity contribution is 5.75. The number of aromatic nitrogens is 3. The molecular formula is C16H11FN4O3. The van der Waals surface area contributed by atoms with Crippen molar-refractivity contribution < 1.29 is 18.0 Å². The number of fused-ring (bicyclic) bond motifs is 1. The molecule has 0 amide bonds. The van der Waals surface area contributed by atoms with E-state index in [1.54, 1.807) is 31.4 Å². The van der Waals surface area contributed by atoms with E-state index >= 15 is 0 Å². The number of nitrogens with zero attached hydrogens (tertiary/aromatic N) is 3. The number of hydrogen-bond donors (Lipinski definition) is 1. The van der Waals surface area contributed by atoms with Crippen LogP contribution in [0.25, 0.3) is 22.6 Å². The van der Waals surface area contributed by atoms with Gasteiger partial charge in [-0.05, 0) is 24.3 Å². The van der Waals surface area contributed by atoms with E-state index in [0.717, 1.165) is 0 Å². The fourth-order valence-electron chi connectivity index (χ4n) is 2.26. The number of para-hydroxylation sites is 2. The number of halogens is 1. The average molecular weight is 326 g/mol. The van der Waals surface area contributed by atoms with Crippen molar-refractivity contribution in [3.8, 4) is 17.2 Å². The highest BCUT2D eigenvalue weighted by Gasteiger charge is 2.15. The SMILES string of the molecule is COc1ccccc1-c1nnc(Nc2nc3c(F)cccc3o2)o1. The third-order valence-electron chi connectivity index (χ3n) is 3.35. The highest BCUT2D eigenvalue weighted by atomic mass is 19.1. The summed E-state index contributed by atoms with van der Waals surface area (Å²) in [6, 6.07) is 11.9. The maximum absolute atomic E-state index is 13.6. The van der Waals surface area contributed by atoms with Crippen molar-refractivity contribution in [2.45, 2.75) is 0 Å². The Morgan fingerprint density at radius 3 is 2.71 bits per heavy atom. The first-order valence-electron chi connectivity index (χ1n) is 7.03. The summed E-state index contributed by atoms with van der Waals surface area (Å²) in [7, 11) is 1.56. The molecule has 4 aromatic rings. The Morgan fingerprint density at radius 1 is 1.00 bits per heavy atom. The van der Waals surface area contributed by atoms with Crippen LogP contribution in [-0.2, 0) is 0 Å². The molecule has 2 aromatic carbocycles. The van der Waals surface area contributed by atoms with Gasteiger partial charge in [-0.2, -0.15) is 4.98 Å². The Morgan fingerprint density at radius 2 is 1.88 bits per heavy atom. The Kier molecular flexibility index (Phi) is 3.34. The molecule has 4 rings (SSSR count). The van der Waals surface area contributed by atoms with E-state index in [0.29, 0.717) is 16.9 Å². The van der Waals surface area contributed by atoms with Gasteiger partial charge < -0.3 is 13.6 Å². The molecule has 0 spiro atoms. The second-order valence-corrected chi connectivity index (χ2v) is 4.84. The van der Waals surface area contributed by atoms with E-state index < -0.39 is 5.82 Å². The van der Waals surface area contributed by atoms with E-state index in [9.17, 15) is 4.39 Å². The van der Waals surface area contributed by atoms with Crippen LogP contribution in [0.5, 0.6) is 5.75 Å². The summed E-state index contributed by atoms with van der Waals surface area (Å²) in [6.07, 6.45) is 0. The van der Waals surface area contributed by atoms with Crippen molar-refractivity contribution in [2.24, 2.45) is 0 Å². The highest BCUT2D eigenvalue weighted by Crippen LogP contribution is 2.30. The molecule has 120 valence electrons. The summed E-state index contributed by atoms with van der Waals surface area (Å²) in [4.78, 5) is 4.02. The van der Waals surface area contributed by atoms with E-state index in [1.807, 2.05) is 12.1 Å². The van der Waals surface area contributed by atoms with E-state index in [-0.39, 0.29) is 23.4 Å². The number of benzene rings is 2. The van der Waals surface area contributed by atoms with Crippen LogP contribution in [-0.4, -0.2) is 22.3 Å². The summed E-state index contributed by atoms with van der Waals surface area (Å²) >= 11 is 0. The van der Waals surface area contributed by atoms with Gasteiger partial charge in [-0.15, -0.1) is 5.10 Å². The lowest BCUT2D eigenvalue weighted by molar-refractivity contribution is 0.414. The number of oxazole rings is 1. The van der Waals surface area contributed by atoms with Gasteiger partial charge in [-0.1, -0.05) is 23.3 Å². The predicted molar refractivity (Wildman–Crippen MR) is 83.5 cm³/mol. The first-order valence-corrected chi connectivity index (χ1v) is 7.03. The monoisotopic (exact) mass is 326 g/mol. The molecule has 2 aromatic heterocycles. The minimum atomic E-state index is -0.468. The van der Waals surface area contributed by atoms with Gasteiger partial charge in [-0.3, -0.25) is 5.32 Å². The summed E-state index contributed by atoms with van der Waals surface area (Å²) in [6.45, 7) is 0. The molecular weight excluding hydrogens is 315 g/mol. The van der Waals surface area contributed by atoms with Gasteiger partial charge in [0, 0.05) is 0 Å². The smallest absolute Gasteiger partial charge is 0.323 e. The number of methoxy groups -OCH3 is 1. The number of nitrogens with one attached hydrogen (secondary N) is 1. The Labute approximate surface area is 135 Å². The lowest BCUT2D eigenvalue weighted by Crippen LogP contribution is -1.90. The van der Waals surface area contributed by atoms with Gasteiger partial charge in [0.25, 0.3) is 5.89 Å². The molecule has 24 heavy (non-hydrogen) atoms. The maximum atomic E-state index is 13.6. The summed E-state index contributed by atoms with van der Waals surface area (Å²) in [5.41, 5.74) is 1.11. The van der Waals surface area contributed by atoms with Crippen molar-refractivity contribution in [3.63, 3.8) is 0 Å². The molecule has 8 heteroatoms. The Balaban J connectivity index is 1.64. The van der Waals surface area contributed by atoms with Crippen LogP contribution in [0, 0.1) is 5.82 Å². The van der Waals surface area contributed by atoms with Crippen molar-refractivity contribution in [1.82, 2.24) is 15.2 Å². The molecule has 7 nitrogen and oxygen atoms in total. The van der Waals surface area contributed by atoms with Gasteiger partial charge >= 0.3 is 12.0 Å². The topological polar surface area (TPSA) is 86.2 Å². The van der Waals surface area contributed by atoms with E-state index in [1.165, 1.54) is 6.07 Å². The van der Waals surface area contributed by atoms with Crippen LogP contribution < -0.4 is 10.1 Å². The Bertz CT molecular complexity index is 1010. The van der Waals surface area contributed by atoms with Gasteiger partial charge in [0.1, 0.15) is 11.3 Å². The second-order valence-electron chi connectivity index (χ2n) is 4.84. The normalized spacial score (nSPS) is 10.9. The second kappa shape index (κ2) is 5.65. The van der Waals surface area contributed by atoms with Gasteiger partial charge in [0.05, 0.1) is 12.7 Å². The molecule has 0 aliphatic heterocycles. The van der Waals surface area contributed by atoms with Crippen molar-refractivity contribution in [3.05, 3.63) is 48.3 Å². The first kappa shape index (κ1) is 14.2. The summed E-state index contributed by atoms with van der Waals surface area (Å²) < 4.78 is 29.8. The van der Waals surface area contributed by atoms with Crippen LogP contribution in [0.2, 0.25) is 0 Å². The zero-order chi connectivity index (χ0) is 16.5. The third-order valence-corrected chi connectivity index (χ3v) is 3.35. The van der Waals surface area contributed by atoms with Gasteiger partial charge in [0.2, 0.25) is 0 Å². The molecule has 2 heterocycles. The number of rotatable bonds is 4.